The number of nitrogen functional groups attached to an aromatic ring is 1. The van der Waals surface area contributed by atoms with Gasteiger partial charge in [0.25, 0.3) is 0 Å². The summed E-state index contributed by atoms with van der Waals surface area (Å²) in [6, 6.07) is 0. The van der Waals surface area contributed by atoms with E-state index in [9.17, 15) is 0 Å². The first-order valence-electron chi connectivity index (χ1n) is 3.75. The number of anilines is 1. The summed E-state index contributed by atoms with van der Waals surface area (Å²) in [5.41, 5.74) is 3.36. The van der Waals surface area contributed by atoms with E-state index < -0.39 is 0 Å². The summed E-state index contributed by atoms with van der Waals surface area (Å²) in [6.45, 7) is 2.06. The topological polar surface area (TPSA) is 63.8 Å². The predicted octanol–water partition coefficient (Wildman–Crippen LogP) is 1.37. The molecule has 0 saturated heterocycles. The molecule has 0 aliphatic carbocycles. The van der Waals surface area contributed by atoms with Gasteiger partial charge in [-0.2, -0.15) is 0 Å². The molecule has 0 bridgehead atoms. The molecule has 0 saturated carbocycles. The van der Waals surface area contributed by atoms with Gasteiger partial charge in [0, 0.05) is 5.56 Å². The summed E-state index contributed by atoms with van der Waals surface area (Å²) in [5.74, 6) is 5.86. The molecule has 3 N–H and O–H groups in total. The maximum Gasteiger partial charge on any atom is 0.148 e. The Balaban J connectivity index is 3.02. The number of hydrogen-bond acceptors (Lipinski definition) is 4. The Morgan fingerprint density at radius 1 is 1.58 bits per heavy atom. The fourth-order valence-electron chi connectivity index (χ4n) is 0.987. The van der Waals surface area contributed by atoms with E-state index in [1.807, 2.05) is 0 Å². The Labute approximate surface area is 76.1 Å². The van der Waals surface area contributed by atoms with Crippen LogP contribution in [0.5, 0.6) is 0 Å². The van der Waals surface area contributed by atoms with Gasteiger partial charge in [0.15, 0.2) is 0 Å². The number of aromatic nitrogens is 2. The zero-order chi connectivity index (χ0) is 8.97. The predicted molar refractivity (Wildman–Crippen MR) is 48.8 cm³/mol. The molecule has 1 rings (SSSR count). The van der Waals surface area contributed by atoms with Gasteiger partial charge in [0.1, 0.15) is 17.3 Å². The average molecular weight is 187 g/mol. The van der Waals surface area contributed by atoms with Crippen molar-refractivity contribution in [3.63, 3.8) is 0 Å². The number of hydrazine groups is 1. The lowest BCUT2D eigenvalue weighted by Crippen LogP contribution is -2.11. The third kappa shape index (κ3) is 1.84. The fraction of sp³-hybridized carbons (Fsp3) is 0.429. The molecule has 0 fully saturated rings. The van der Waals surface area contributed by atoms with Gasteiger partial charge in [-0.25, -0.2) is 15.8 Å². The van der Waals surface area contributed by atoms with Crippen molar-refractivity contribution in [2.75, 3.05) is 5.43 Å². The Morgan fingerprint density at radius 3 is 2.92 bits per heavy atom. The molecule has 0 atom stereocenters. The third-order valence-electron chi connectivity index (χ3n) is 1.53. The highest BCUT2D eigenvalue weighted by molar-refractivity contribution is 6.30. The maximum absolute atomic E-state index is 5.84. The second-order valence-electron chi connectivity index (χ2n) is 2.39. The van der Waals surface area contributed by atoms with Crippen molar-refractivity contribution in [1.82, 2.24) is 9.97 Å². The summed E-state index contributed by atoms with van der Waals surface area (Å²) in [5, 5.41) is 0.472. The number of rotatable bonds is 3. The van der Waals surface area contributed by atoms with Crippen molar-refractivity contribution in [2.24, 2.45) is 5.84 Å². The molecule has 4 nitrogen and oxygen atoms in total. The van der Waals surface area contributed by atoms with Crippen LogP contribution in [0, 0.1) is 0 Å². The highest BCUT2D eigenvalue weighted by atomic mass is 35.5. The van der Waals surface area contributed by atoms with Crippen LogP contribution in [0.25, 0.3) is 0 Å². The van der Waals surface area contributed by atoms with Crippen LogP contribution < -0.4 is 11.3 Å². The molecule has 0 aliphatic rings. The van der Waals surface area contributed by atoms with E-state index >= 15 is 0 Å². The van der Waals surface area contributed by atoms with Gasteiger partial charge in [-0.05, 0) is 6.42 Å². The normalized spacial score (nSPS) is 9.92. The quantitative estimate of drug-likeness (QED) is 0.425. The number of nitrogens with two attached hydrogens (primary N) is 1. The highest BCUT2D eigenvalue weighted by Crippen LogP contribution is 2.20. The number of halogens is 1. The van der Waals surface area contributed by atoms with E-state index in [-0.39, 0.29) is 0 Å². The zero-order valence-electron chi connectivity index (χ0n) is 6.84. The lowest BCUT2D eigenvalue weighted by Gasteiger charge is -2.06. The third-order valence-corrected chi connectivity index (χ3v) is 1.86. The van der Waals surface area contributed by atoms with Crippen LogP contribution in [-0.4, -0.2) is 9.97 Å². The molecule has 1 aromatic heterocycles. The average Bonchev–Trinajstić information content (AvgIpc) is 2.09. The van der Waals surface area contributed by atoms with Crippen molar-refractivity contribution >= 4 is 17.4 Å². The minimum atomic E-state index is 0.472. The van der Waals surface area contributed by atoms with E-state index in [1.165, 1.54) is 6.33 Å². The van der Waals surface area contributed by atoms with Gasteiger partial charge < -0.3 is 5.43 Å². The number of nitrogens with zero attached hydrogens (tertiary/aromatic N) is 2. The fourth-order valence-corrected chi connectivity index (χ4v) is 1.21. The minimum absolute atomic E-state index is 0.472. The van der Waals surface area contributed by atoms with E-state index in [0.29, 0.717) is 11.0 Å². The van der Waals surface area contributed by atoms with E-state index in [2.05, 4.69) is 22.3 Å². The molecular weight excluding hydrogens is 176 g/mol. The first kappa shape index (κ1) is 9.22. The molecular formula is C7H11ClN4. The van der Waals surface area contributed by atoms with Crippen LogP contribution >= 0.6 is 11.6 Å². The first-order chi connectivity index (χ1) is 5.79. The Hall–Kier alpha value is -0.870. The van der Waals surface area contributed by atoms with Gasteiger partial charge in [0.2, 0.25) is 0 Å². The van der Waals surface area contributed by atoms with Crippen molar-refractivity contribution in [3.05, 3.63) is 17.0 Å². The van der Waals surface area contributed by atoms with Crippen molar-refractivity contribution in [3.8, 4) is 0 Å². The van der Waals surface area contributed by atoms with Crippen LogP contribution in [0.3, 0.4) is 0 Å². The lowest BCUT2D eigenvalue weighted by molar-refractivity contribution is 0.900. The Kier molecular flexibility index (Phi) is 3.25. The smallest absolute Gasteiger partial charge is 0.148 e. The number of hydrogen-bond donors (Lipinski definition) is 2. The molecule has 0 aromatic carbocycles. The van der Waals surface area contributed by atoms with E-state index in [1.54, 1.807) is 0 Å². The van der Waals surface area contributed by atoms with Crippen LogP contribution in [0.4, 0.5) is 5.82 Å². The molecule has 0 spiro atoms. The maximum atomic E-state index is 5.84. The molecule has 12 heavy (non-hydrogen) atoms. The minimum Gasteiger partial charge on any atom is -0.308 e. The lowest BCUT2D eigenvalue weighted by atomic mass is 10.2. The van der Waals surface area contributed by atoms with Gasteiger partial charge in [-0.1, -0.05) is 24.9 Å². The van der Waals surface area contributed by atoms with Gasteiger partial charge in [-0.15, -0.1) is 0 Å². The molecule has 0 unspecified atom stereocenters. The molecule has 0 radical (unpaired) electrons. The monoisotopic (exact) mass is 186 g/mol. The Bertz CT molecular complexity index is 264. The Morgan fingerprint density at radius 2 is 2.33 bits per heavy atom. The van der Waals surface area contributed by atoms with Crippen molar-refractivity contribution in [1.29, 1.82) is 0 Å². The van der Waals surface area contributed by atoms with Crippen molar-refractivity contribution < 1.29 is 0 Å². The van der Waals surface area contributed by atoms with Crippen LogP contribution in [0.2, 0.25) is 5.15 Å². The molecule has 0 aliphatic heterocycles. The second-order valence-corrected chi connectivity index (χ2v) is 2.74. The van der Waals surface area contributed by atoms with Crippen LogP contribution in [-0.2, 0) is 6.42 Å². The molecule has 1 aromatic rings. The zero-order valence-corrected chi connectivity index (χ0v) is 7.60. The standard InChI is InChI=1S/C7H11ClN4/c1-2-3-5-6(8)10-4-11-7(5)12-9/h4H,2-3,9H2,1H3,(H,10,11,12). The van der Waals surface area contributed by atoms with E-state index in [4.69, 9.17) is 17.4 Å². The van der Waals surface area contributed by atoms with E-state index in [0.717, 1.165) is 18.4 Å². The number of nitrogens with one attached hydrogen (secondary N) is 1. The summed E-state index contributed by atoms with van der Waals surface area (Å²) in [7, 11) is 0. The van der Waals surface area contributed by atoms with Gasteiger partial charge in [0.05, 0.1) is 0 Å². The van der Waals surface area contributed by atoms with Crippen LogP contribution in [0.1, 0.15) is 18.9 Å². The van der Waals surface area contributed by atoms with Crippen LogP contribution in [0.15, 0.2) is 6.33 Å². The highest BCUT2D eigenvalue weighted by Gasteiger charge is 2.06. The summed E-state index contributed by atoms with van der Waals surface area (Å²) >= 11 is 5.84. The molecule has 1 heterocycles. The summed E-state index contributed by atoms with van der Waals surface area (Å²) in [4.78, 5) is 7.81. The molecule has 0 amide bonds. The van der Waals surface area contributed by atoms with Gasteiger partial charge >= 0.3 is 0 Å². The second kappa shape index (κ2) is 4.23. The summed E-state index contributed by atoms with van der Waals surface area (Å²) in [6.07, 6.45) is 3.21. The molecule has 66 valence electrons. The first-order valence-corrected chi connectivity index (χ1v) is 4.13. The molecule has 5 heteroatoms. The van der Waals surface area contributed by atoms with Crippen molar-refractivity contribution in [2.45, 2.75) is 19.8 Å². The SMILES string of the molecule is CCCc1c(Cl)ncnc1NN. The van der Waals surface area contributed by atoms with Gasteiger partial charge in [-0.3, -0.25) is 0 Å². The summed E-state index contributed by atoms with van der Waals surface area (Å²) < 4.78 is 0. The largest absolute Gasteiger partial charge is 0.308 e.